The van der Waals surface area contributed by atoms with E-state index in [0.29, 0.717) is 52.9 Å². The van der Waals surface area contributed by atoms with Crippen LogP contribution in [0.2, 0.25) is 0 Å². The molecular formula is C64H136O8P4S8Sn. The van der Waals surface area contributed by atoms with E-state index in [1.165, 1.54) is 257 Å². The van der Waals surface area contributed by atoms with Crippen LogP contribution in [0, 0.1) is 0 Å². The van der Waals surface area contributed by atoms with E-state index >= 15 is 0 Å². The molecule has 0 N–H and O–H groups in total. The van der Waals surface area contributed by atoms with E-state index < -0.39 is 22.8 Å². The quantitative estimate of drug-likeness (QED) is 0.0251. The molecule has 0 fully saturated rings. The van der Waals surface area contributed by atoms with Gasteiger partial charge in [0.15, 0.2) is 0 Å². The third-order valence-electron chi connectivity index (χ3n) is 14.0. The van der Waals surface area contributed by atoms with E-state index in [4.69, 9.17) is 132 Å². The predicted molar refractivity (Wildman–Crippen MR) is 407 cm³/mol. The molecule has 85 heavy (non-hydrogen) atoms. The molecule has 0 aliphatic heterocycles. The van der Waals surface area contributed by atoms with Gasteiger partial charge in [-0.05, 0) is 51.4 Å². The number of unbranched alkanes of at least 4 members (excludes halogenated alkanes) is 40. The van der Waals surface area contributed by atoms with Gasteiger partial charge < -0.3 is 85.2 Å². The maximum Gasteiger partial charge on any atom is 4.00 e. The fraction of sp³-hybridized carbons (Fsp3) is 1.00. The predicted octanol–water partition coefficient (Wildman–Crippen LogP) is 25.7. The van der Waals surface area contributed by atoms with Crippen LogP contribution >= 0.6 is 22.8 Å². The van der Waals surface area contributed by atoms with Gasteiger partial charge in [-0.3, -0.25) is 0 Å². The fourth-order valence-electron chi connectivity index (χ4n) is 8.62. The first-order valence-corrected chi connectivity index (χ1v) is 49.5. The van der Waals surface area contributed by atoms with E-state index in [0.717, 1.165) is 51.4 Å². The molecule has 0 amide bonds. The summed E-state index contributed by atoms with van der Waals surface area (Å²) in [6.07, 6.45) is 60.0. The third-order valence-corrected chi connectivity index (χ3v) is 23.0. The van der Waals surface area contributed by atoms with Crippen LogP contribution in [0.5, 0.6) is 0 Å². The van der Waals surface area contributed by atoms with Crippen molar-refractivity contribution < 1.29 is 36.2 Å². The largest absolute Gasteiger partial charge is 4.00 e. The fourth-order valence-corrected chi connectivity index (χ4v) is 15.3. The Balaban J connectivity index is -0.000000333. The molecule has 0 saturated heterocycles. The Hall–Kier alpha value is 4.48. The Morgan fingerprint density at radius 1 is 0.176 bits per heavy atom. The van der Waals surface area contributed by atoms with Crippen molar-refractivity contribution in [1.82, 2.24) is 0 Å². The molecule has 0 bridgehead atoms. The van der Waals surface area contributed by atoms with Crippen LogP contribution in [-0.4, -0.2) is 76.8 Å². The minimum absolute atomic E-state index is 0. The van der Waals surface area contributed by atoms with Crippen LogP contribution in [0.25, 0.3) is 0 Å². The second-order valence-electron chi connectivity index (χ2n) is 22.6. The number of hydrogen-bond acceptors (Lipinski definition) is 16. The van der Waals surface area contributed by atoms with E-state index in [9.17, 15) is 0 Å². The van der Waals surface area contributed by atoms with E-state index in [1.54, 1.807) is 0 Å². The van der Waals surface area contributed by atoms with Gasteiger partial charge in [0.2, 0.25) is 0 Å². The van der Waals surface area contributed by atoms with Crippen molar-refractivity contribution in [1.29, 1.82) is 0 Å². The zero-order valence-electron chi connectivity index (χ0n) is 56.4. The van der Waals surface area contributed by atoms with Gasteiger partial charge in [-0.15, -0.1) is 0 Å². The standard InChI is InChI=1S/4C16H35O2PS2.Sn/c4*1-3-5-7-9-11-13-15-17-19(20,21)18-16-14-12-10-8-6-4-2;/h4*3-16H2,1-2H3,(H,20,21);/q;;;;+4/p-4. The number of hydrogen-bond donors (Lipinski definition) is 0. The van der Waals surface area contributed by atoms with Gasteiger partial charge in [0, 0.05) is 0 Å². The molecule has 0 rings (SSSR count). The van der Waals surface area contributed by atoms with Gasteiger partial charge in [-0.2, -0.15) is 0 Å². The maximum atomic E-state index is 5.60. The van der Waals surface area contributed by atoms with Crippen LogP contribution < -0.4 is 0 Å². The van der Waals surface area contributed by atoms with Crippen LogP contribution in [0.3, 0.4) is 0 Å². The summed E-state index contributed by atoms with van der Waals surface area (Å²) in [6, 6.07) is 0. The Morgan fingerprint density at radius 2 is 0.259 bits per heavy atom. The minimum Gasteiger partial charge on any atom is -0.691 e. The van der Waals surface area contributed by atoms with Crippen LogP contribution in [0.1, 0.15) is 364 Å². The summed E-state index contributed by atoms with van der Waals surface area (Å²) >= 11 is 42.1. The minimum atomic E-state index is -2.40. The van der Waals surface area contributed by atoms with Gasteiger partial charge >= 0.3 is 23.9 Å². The molecular weight excluding hydrogens is 1400 g/mol. The molecule has 0 saturated carbocycles. The molecule has 0 aromatic heterocycles. The van der Waals surface area contributed by atoms with Crippen molar-refractivity contribution in [2.75, 3.05) is 52.9 Å². The van der Waals surface area contributed by atoms with Crippen LogP contribution in [0.15, 0.2) is 0 Å². The van der Waals surface area contributed by atoms with Crippen molar-refractivity contribution in [3.8, 4) is 0 Å². The van der Waals surface area contributed by atoms with E-state index in [1.807, 2.05) is 0 Å². The third kappa shape index (κ3) is 92.7. The number of rotatable bonds is 64. The molecule has 0 aromatic rings. The monoisotopic (exact) mass is 1530 g/mol. The van der Waals surface area contributed by atoms with E-state index in [-0.39, 0.29) is 23.9 Å². The van der Waals surface area contributed by atoms with Crippen molar-refractivity contribution >= 4 is 143 Å². The van der Waals surface area contributed by atoms with Gasteiger partial charge in [-0.25, -0.2) is 0 Å². The summed E-state index contributed by atoms with van der Waals surface area (Å²) in [7, 11) is 0. The molecule has 0 atom stereocenters. The van der Waals surface area contributed by atoms with E-state index in [2.05, 4.69) is 55.4 Å². The summed E-state index contributed by atoms with van der Waals surface area (Å²) in [5.74, 6) is 0. The second-order valence-corrected chi connectivity index (χ2v) is 42.6. The van der Waals surface area contributed by atoms with Crippen molar-refractivity contribution in [3.05, 3.63) is 0 Å². The molecule has 512 valence electrons. The molecule has 0 aliphatic rings. The summed E-state index contributed by atoms with van der Waals surface area (Å²) in [6.45, 7) is 23.2. The summed E-state index contributed by atoms with van der Waals surface area (Å²) in [5, 5.41) is 0. The van der Waals surface area contributed by atoms with Crippen molar-refractivity contribution in [2.45, 2.75) is 364 Å². The van der Waals surface area contributed by atoms with Crippen LogP contribution in [0.4, 0.5) is 0 Å². The summed E-state index contributed by atoms with van der Waals surface area (Å²) in [5.41, 5.74) is -9.59. The zero-order valence-corrected chi connectivity index (χ0v) is 69.4. The average molecular weight is 1530 g/mol. The Morgan fingerprint density at radius 3 is 0.353 bits per heavy atom. The topological polar surface area (TPSA) is 73.8 Å². The molecule has 0 unspecified atom stereocenters. The molecule has 0 radical (unpaired) electrons. The molecule has 0 spiro atoms. The SMILES string of the molecule is CCCCCCCCOP(=S)([S-])OCCCCCCCC.CCCCCCCCOP(=S)([S-])OCCCCCCCC.CCCCCCCCOP(=S)([S-])OCCCCCCCC.CCCCCCCCOP(=S)([S-])OCCCCCCCC.[Sn+4]. The summed E-state index contributed by atoms with van der Waals surface area (Å²) in [4.78, 5) is 0. The first kappa shape index (κ1) is 98.2. The molecule has 0 heterocycles. The zero-order chi connectivity index (χ0) is 63.3. The first-order chi connectivity index (χ1) is 40.5. The molecule has 8 nitrogen and oxygen atoms in total. The Bertz CT molecular complexity index is 1180. The molecule has 0 aliphatic carbocycles. The van der Waals surface area contributed by atoms with Crippen molar-refractivity contribution in [3.63, 3.8) is 0 Å². The van der Waals surface area contributed by atoms with Gasteiger partial charge in [-0.1, -0.05) is 359 Å². The maximum absolute atomic E-state index is 5.60. The van der Waals surface area contributed by atoms with Gasteiger partial charge in [0.25, 0.3) is 0 Å². The normalized spacial score (nSPS) is 11.8. The molecule has 21 heteroatoms. The molecule has 0 aromatic carbocycles. The Kier molecular flexibility index (Phi) is 91.4. The van der Waals surface area contributed by atoms with Crippen LogP contribution in [-0.2, 0) is 132 Å². The van der Waals surface area contributed by atoms with Crippen molar-refractivity contribution in [2.24, 2.45) is 0 Å². The van der Waals surface area contributed by atoms with Gasteiger partial charge in [0.05, 0.1) is 75.6 Å². The summed E-state index contributed by atoms with van der Waals surface area (Å²) < 4.78 is 44.8. The smallest absolute Gasteiger partial charge is 0.691 e. The second kappa shape index (κ2) is 79.2. The van der Waals surface area contributed by atoms with Gasteiger partial charge in [0.1, 0.15) is 0 Å². The average Bonchev–Trinajstić information content (AvgIpc) is 3.50. The Labute approximate surface area is 590 Å². The first-order valence-electron chi connectivity index (χ1n) is 34.9.